The van der Waals surface area contributed by atoms with Crippen LogP contribution in [0.3, 0.4) is 0 Å². The maximum atomic E-state index is 8.69. The van der Waals surface area contributed by atoms with Gasteiger partial charge in [0.05, 0.1) is 25.9 Å². The van der Waals surface area contributed by atoms with Gasteiger partial charge in [-0.15, -0.1) is 0 Å². The van der Waals surface area contributed by atoms with Crippen LogP contribution in [0.2, 0.25) is 0 Å². The fraction of sp³-hybridized carbons (Fsp3) is 1.00. The zero-order valence-electron chi connectivity index (χ0n) is 5.96. The van der Waals surface area contributed by atoms with Gasteiger partial charge in [0, 0.05) is 7.11 Å². The fourth-order valence-corrected chi connectivity index (χ4v) is 0.396. The molecule has 0 unspecified atom stereocenters. The lowest BCUT2D eigenvalue weighted by atomic mass is 10.4. The third kappa shape index (κ3) is 7.88. The second-order valence-electron chi connectivity index (χ2n) is 1.92. The first-order valence-corrected chi connectivity index (χ1v) is 3.02. The van der Waals surface area contributed by atoms with Crippen LogP contribution < -0.4 is 0 Å². The van der Waals surface area contributed by atoms with E-state index in [1.807, 2.05) is 0 Å². The van der Waals surface area contributed by atoms with E-state index in [1.165, 1.54) is 0 Å². The summed E-state index contributed by atoms with van der Waals surface area (Å²) in [6.45, 7) is 3.23. The minimum atomic E-state index is -0.373. The number of hydrogen-bond donors (Lipinski definition) is 1. The van der Waals surface area contributed by atoms with Crippen molar-refractivity contribution in [1.82, 2.24) is 0 Å². The Morgan fingerprint density at radius 2 is 2.11 bits per heavy atom. The summed E-state index contributed by atoms with van der Waals surface area (Å²) in [5.41, 5.74) is 0. The molecule has 0 rings (SSSR count). The van der Waals surface area contributed by atoms with Gasteiger partial charge in [0.25, 0.3) is 0 Å². The van der Waals surface area contributed by atoms with Crippen LogP contribution in [0, 0.1) is 0 Å². The Kier molecular flexibility index (Phi) is 5.93. The Labute approximate surface area is 55.6 Å². The van der Waals surface area contributed by atoms with Gasteiger partial charge in [-0.25, -0.2) is 0 Å². The molecule has 0 radical (unpaired) electrons. The van der Waals surface area contributed by atoms with Gasteiger partial charge in [0.2, 0.25) is 0 Å². The number of aliphatic hydroxyl groups excluding tert-OH is 1. The molecule has 0 spiro atoms. The Morgan fingerprint density at radius 3 is 2.56 bits per heavy atom. The van der Waals surface area contributed by atoms with Crippen LogP contribution in [0.5, 0.6) is 0 Å². The molecule has 0 aliphatic carbocycles. The molecule has 0 aromatic carbocycles. The van der Waals surface area contributed by atoms with E-state index >= 15 is 0 Å². The Hall–Kier alpha value is -0.120. The second kappa shape index (κ2) is 6.01. The summed E-state index contributed by atoms with van der Waals surface area (Å²) in [5, 5.41) is 8.69. The molecule has 1 N–H and O–H groups in total. The maximum absolute atomic E-state index is 8.69. The summed E-state index contributed by atoms with van der Waals surface area (Å²) in [4.78, 5) is 0. The highest BCUT2D eigenvalue weighted by atomic mass is 16.5. The molecule has 0 fully saturated rings. The van der Waals surface area contributed by atoms with Gasteiger partial charge in [0.15, 0.2) is 0 Å². The highest BCUT2D eigenvalue weighted by Gasteiger charge is 1.92. The molecule has 0 amide bonds. The Balaban J connectivity index is 2.75. The largest absolute Gasteiger partial charge is 0.391 e. The third-order valence-electron chi connectivity index (χ3n) is 0.791. The summed E-state index contributed by atoms with van der Waals surface area (Å²) in [5.74, 6) is 0. The minimum absolute atomic E-state index is 0.373. The lowest BCUT2D eigenvalue weighted by Gasteiger charge is -2.04. The Bertz CT molecular complexity index is 54.3. The topological polar surface area (TPSA) is 38.7 Å². The molecular weight excluding hydrogens is 120 g/mol. The summed E-state index contributed by atoms with van der Waals surface area (Å²) >= 11 is 0. The molecular formula is C6H14O3. The van der Waals surface area contributed by atoms with Crippen LogP contribution in [-0.4, -0.2) is 38.1 Å². The van der Waals surface area contributed by atoms with Gasteiger partial charge in [0.1, 0.15) is 0 Å². The van der Waals surface area contributed by atoms with Crippen molar-refractivity contribution < 1.29 is 14.6 Å². The first-order chi connectivity index (χ1) is 4.27. The van der Waals surface area contributed by atoms with Crippen LogP contribution in [-0.2, 0) is 9.47 Å². The van der Waals surface area contributed by atoms with E-state index in [0.717, 1.165) is 0 Å². The molecule has 0 aliphatic heterocycles. The fourth-order valence-electron chi connectivity index (χ4n) is 0.396. The molecule has 9 heavy (non-hydrogen) atoms. The summed E-state index contributed by atoms with van der Waals surface area (Å²) < 4.78 is 9.68. The molecule has 3 nitrogen and oxygen atoms in total. The van der Waals surface area contributed by atoms with Crippen LogP contribution in [0.4, 0.5) is 0 Å². The van der Waals surface area contributed by atoms with Crippen LogP contribution in [0.1, 0.15) is 6.92 Å². The van der Waals surface area contributed by atoms with Gasteiger partial charge >= 0.3 is 0 Å². The summed E-state index contributed by atoms with van der Waals surface area (Å²) in [6, 6.07) is 0. The smallest absolute Gasteiger partial charge is 0.0745 e. The highest BCUT2D eigenvalue weighted by molar-refractivity contribution is 4.40. The van der Waals surface area contributed by atoms with E-state index in [4.69, 9.17) is 14.6 Å². The third-order valence-corrected chi connectivity index (χ3v) is 0.791. The highest BCUT2D eigenvalue weighted by Crippen LogP contribution is 1.81. The SMILES string of the molecule is COCCOC[C@@H](C)O. The molecule has 56 valence electrons. The van der Waals surface area contributed by atoms with Crippen molar-refractivity contribution in [3.8, 4) is 0 Å². The average Bonchev–Trinajstić information content (AvgIpc) is 1.80. The number of hydrogen-bond acceptors (Lipinski definition) is 3. The maximum Gasteiger partial charge on any atom is 0.0745 e. The number of ether oxygens (including phenoxy) is 2. The van der Waals surface area contributed by atoms with E-state index < -0.39 is 0 Å². The van der Waals surface area contributed by atoms with Crippen molar-refractivity contribution in [2.24, 2.45) is 0 Å². The molecule has 0 bridgehead atoms. The molecule has 3 heteroatoms. The summed E-state index contributed by atoms with van der Waals surface area (Å²) in [6.07, 6.45) is -0.373. The monoisotopic (exact) mass is 134 g/mol. The van der Waals surface area contributed by atoms with Crippen LogP contribution in [0.25, 0.3) is 0 Å². The van der Waals surface area contributed by atoms with E-state index in [9.17, 15) is 0 Å². The number of rotatable bonds is 5. The standard InChI is InChI=1S/C6H14O3/c1-6(7)5-9-4-3-8-2/h6-7H,3-5H2,1-2H3/t6-/m1/s1. The van der Waals surface area contributed by atoms with E-state index in [-0.39, 0.29) is 6.10 Å². The van der Waals surface area contributed by atoms with Gasteiger partial charge in [-0.2, -0.15) is 0 Å². The van der Waals surface area contributed by atoms with Crippen molar-refractivity contribution in [3.63, 3.8) is 0 Å². The zero-order chi connectivity index (χ0) is 7.11. The van der Waals surface area contributed by atoms with Crippen molar-refractivity contribution in [2.45, 2.75) is 13.0 Å². The van der Waals surface area contributed by atoms with Gasteiger partial charge in [-0.05, 0) is 6.92 Å². The first kappa shape index (κ1) is 8.88. The molecule has 0 aromatic heterocycles. The van der Waals surface area contributed by atoms with Crippen LogP contribution in [0.15, 0.2) is 0 Å². The predicted octanol–water partition coefficient (Wildman–Crippen LogP) is 0.0302. The molecule has 0 heterocycles. The van der Waals surface area contributed by atoms with Crippen molar-refractivity contribution in [3.05, 3.63) is 0 Å². The molecule has 0 aliphatic rings. The zero-order valence-corrected chi connectivity index (χ0v) is 5.96. The molecule has 1 atom stereocenters. The van der Waals surface area contributed by atoms with E-state index in [1.54, 1.807) is 14.0 Å². The average molecular weight is 134 g/mol. The van der Waals surface area contributed by atoms with Gasteiger partial charge in [-0.1, -0.05) is 0 Å². The quantitative estimate of drug-likeness (QED) is 0.539. The lowest BCUT2D eigenvalue weighted by Crippen LogP contribution is -2.12. The number of methoxy groups -OCH3 is 1. The predicted molar refractivity (Wildman–Crippen MR) is 34.4 cm³/mol. The van der Waals surface area contributed by atoms with E-state index in [2.05, 4.69) is 0 Å². The lowest BCUT2D eigenvalue weighted by molar-refractivity contribution is 0.0202. The summed E-state index contributed by atoms with van der Waals surface area (Å²) in [7, 11) is 1.62. The van der Waals surface area contributed by atoms with Crippen molar-refractivity contribution >= 4 is 0 Å². The first-order valence-electron chi connectivity index (χ1n) is 3.02. The molecule has 0 saturated heterocycles. The van der Waals surface area contributed by atoms with Crippen molar-refractivity contribution in [2.75, 3.05) is 26.9 Å². The minimum Gasteiger partial charge on any atom is -0.391 e. The Morgan fingerprint density at radius 1 is 1.44 bits per heavy atom. The second-order valence-corrected chi connectivity index (χ2v) is 1.92. The van der Waals surface area contributed by atoms with Crippen molar-refractivity contribution in [1.29, 1.82) is 0 Å². The van der Waals surface area contributed by atoms with Gasteiger partial charge in [-0.3, -0.25) is 0 Å². The van der Waals surface area contributed by atoms with E-state index in [0.29, 0.717) is 19.8 Å². The number of aliphatic hydroxyl groups is 1. The van der Waals surface area contributed by atoms with Crippen LogP contribution >= 0.6 is 0 Å². The normalized spacial score (nSPS) is 13.7. The van der Waals surface area contributed by atoms with Gasteiger partial charge < -0.3 is 14.6 Å². The molecule has 0 aromatic rings. The molecule has 0 saturated carbocycles.